The number of hydrogen-bond acceptors (Lipinski definition) is 6. The van der Waals surface area contributed by atoms with Crippen LogP contribution in [0.5, 0.6) is 5.75 Å². The Morgan fingerprint density at radius 2 is 1.65 bits per heavy atom. The maximum atomic E-state index is 13.0. The number of aliphatic carboxylic acids is 1. The number of hydrogen-bond donors (Lipinski definition) is 2. The van der Waals surface area contributed by atoms with Crippen molar-refractivity contribution in [1.82, 2.24) is 14.3 Å². The summed E-state index contributed by atoms with van der Waals surface area (Å²) < 4.78 is 43.1. The van der Waals surface area contributed by atoms with Crippen LogP contribution in [0.3, 0.4) is 0 Å². The van der Waals surface area contributed by atoms with Gasteiger partial charge in [0.1, 0.15) is 18.0 Å². The highest BCUT2D eigenvalue weighted by Gasteiger charge is 2.31. The lowest BCUT2D eigenvalue weighted by Crippen LogP contribution is -2.26. The van der Waals surface area contributed by atoms with E-state index in [0.29, 0.717) is 5.39 Å². The second kappa shape index (κ2) is 8.73. The molecule has 0 saturated carbocycles. The molecule has 0 fully saturated rings. The minimum absolute atomic E-state index is 0.0144. The Balaban J connectivity index is 1.80. The van der Waals surface area contributed by atoms with Crippen molar-refractivity contribution >= 4 is 28.2 Å². The molecule has 2 heterocycles. The Hall–Kier alpha value is -4.61. The molecule has 12 heteroatoms. The smallest absolute Gasteiger partial charge is 0.480 e. The second-order valence-electron chi connectivity index (χ2n) is 7.03. The predicted octanol–water partition coefficient (Wildman–Crippen LogP) is 3.27. The van der Waals surface area contributed by atoms with Crippen LogP contribution in [0.25, 0.3) is 16.5 Å². The van der Waals surface area contributed by atoms with Crippen molar-refractivity contribution in [2.24, 2.45) is 0 Å². The van der Waals surface area contributed by atoms with E-state index in [1.165, 1.54) is 36.5 Å². The monoisotopic (exact) mass is 472 g/mol. The molecule has 2 aromatic carbocycles. The van der Waals surface area contributed by atoms with Crippen molar-refractivity contribution in [3.05, 3.63) is 87.6 Å². The Kier molecular flexibility index (Phi) is 5.80. The number of carbonyl (C=O) groups is 1. The summed E-state index contributed by atoms with van der Waals surface area (Å²) in [4.78, 5) is 36.7. The van der Waals surface area contributed by atoms with Crippen LogP contribution in [0.15, 0.2) is 76.4 Å². The zero-order valence-corrected chi connectivity index (χ0v) is 17.1. The van der Waals surface area contributed by atoms with E-state index in [2.05, 4.69) is 15.2 Å². The number of carboxylic acid groups (broad SMARTS) is 1. The van der Waals surface area contributed by atoms with E-state index >= 15 is 0 Å². The second-order valence-corrected chi connectivity index (χ2v) is 7.03. The molecule has 0 bridgehead atoms. The first-order chi connectivity index (χ1) is 16.1. The Morgan fingerprint density at radius 1 is 0.971 bits per heavy atom. The molecule has 0 saturated heterocycles. The standard InChI is InChI=1S/C22H15F3N4O5/c23-22(24,25)34-14-9-7-13(8-10-14)29-20(32)16-5-2-1-4-15(16)19(27-29)26-17-6-3-11-28(21(17)33)12-18(30)31/h1-11H,12H2,(H,26,27)(H,30,31). The third-order valence-corrected chi connectivity index (χ3v) is 4.70. The Morgan fingerprint density at radius 3 is 2.29 bits per heavy atom. The number of nitrogens with one attached hydrogen (secondary N) is 1. The van der Waals surface area contributed by atoms with E-state index < -0.39 is 35.7 Å². The van der Waals surface area contributed by atoms with Gasteiger partial charge in [-0.1, -0.05) is 18.2 Å². The van der Waals surface area contributed by atoms with Gasteiger partial charge in [0.25, 0.3) is 11.1 Å². The highest BCUT2D eigenvalue weighted by atomic mass is 19.4. The van der Waals surface area contributed by atoms with Gasteiger partial charge in [-0.05, 0) is 42.5 Å². The number of nitrogens with zero attached hydrogens (tertiary/aromatic N) is 3. The Bertz CT molecular complexity index is 1490. The lowest BCUT2D eigenvalue weighted by atomic mass is 10.2. The summed E-state index contributed by atoms with van der Waals surface area (Å²) in [7, 11) is 0. The topological polar surface area (TPSA) is 115 Å². The molecule has 9 nitrogen and oxygen atoms in total. The molecule has 2 aromatic heterocycles. The van der Waals surface area contributed by atoms with Crippen LogP contribution in [-0.4, -0.2) is 31.8 Å². The maximum absolute atomic E-state index is 13.0. The summed E-state index contributed by atoms with van der Waals surface area (Å²) in [5.41, 5.74) is -0.991. The van der Waals surface area contributed by atoms with Crippen molar-refractivity contribution in [3.8, 4) is 11.4 Å². The average Bonchev–Trinajstić information content (AvgIpc) is 2.78. The first-order valence-corrected chi connectivity index (χ1v) is 9.69. The van der Waals surface area contributed by atoms with Crippen LogP contribution in [0, 0.1) is 0 Å². The molecule has 34 heavy (non-hydrogen) atoms. The van der Waals surface area contributed by atoms with Crippen molar-refractivity contribution in [1.29, 1.82) is 0 Å². The van der Waals surface area contributed by atoms with Gasteiger partial charge in [0.2, 0.25) is 0 Å². The quantitative estimate of drug-likeness (QED) is 0.443. The molecule has 2 N–H and O–H groups in total. The molecular weight excluding hydrogens is 457 g/mol. The van der Waals surface area contributed by atoms with Crippen molar-refractivity contribution in [2.45, 2.75) is 12.9 Å². The summed E-state index contributed by atoms with van der Waals surface area (Å²) in [6.45, 7) is -0.547. The minimum atomic E-state index is -4.86. The lowest BCUT2D eigenvalue weighted by Gasteiger charge is -2.14. The maximum Gasteiger partial charge on any atom is 0.573 e. The molecule has 0 atom stereocenters. The number of fused-ring (bicyclic) bond motifs is 1. The molecule has 4 rings (SSSR count). The van der Waals surface area contributed by atoms with Crippen molar-refractivity contribution < 1.29 is 27.8 Å². The number of rotatable bonds is 6. The molecule has 0 radical (unpaired) electrons. The number of anilines is 2. The van der Waals surface area contributed by atoms with E-state index in [-0.39, 0.29) is 22.6 Å². The fourth-order valence-corrected chi connectivity index (χ4v) is 3.28. The van der Waals surface area contributed by atoms with Gasteiger partial charge in [-0.15, -0.1) is 18.3 Å². The fourth-order valence-electron chi connectivity index (χ4n) is 3.28. The highest BCUT2D eigenvalue weighted by molar-refractivity contribution is 5.92. The van der Waals surface area contributed by atoms with Crippen molar-refractivity contribution in [3.63, 3.8) is 0 Å². The summed E-state index contributed by atoms with van der Waals surface area (Å²) in [6, 6.07) is 13.9. The molecule has 0 aliphatic carbocycles. The zero-order valence-electron chi connectivity index (χ0n) is 17.1. The molecule has 0 amide bonds. The van der Waals surface area contributed by atoms with Gasteiger partial charge in [-0.25, -0.2) is 0 Å². The number of carboxylic acids is 1. The summed E-state index contributed by atoms with van der Waals surface area (Å²) in [5, 5.41) is 16.7. The van der Waals surface area contributed by atoms with Gasteiger partial charge in [-0.3, -0.25) is 14.4 Å². The molecule has 174 valence electrons. The minimum Gasteiger partial charge on any atom is -0.480 e. The van der Waals surface area contributed by atoms with Crippen LogP contribution in [-0.2, 0) is 11.3 Å². The number of pyridine rings is 1. The first kappa shape index (κ1) is 22.6. The fraction of sp³-hybridized carbons (Fsp3) is 0.0909. The number of benzene rings is 2. The molecule has 4 aromatic rings. The Labute approximate surface area is 188 Å². The van der Waals surface area contributed by atoms with Crippen LogP contribution in [0.2, 0.25) is 0 Å². The lowest BCUT2D eigenvalue weighted by molar-refractivity contribution is -0.274. The van der Waals surface area contributed by atoms with E-state index in [4.69, 9.17) is 5.11 Å². The van der Waals surface area contributed by atoms with Gasteiger partial charge in [-0.2, -0.15) is 4.68 Å². The van der Waals surface area contributed by atoms with Crippen LogP contribution in [0.1, 0.15) is 0 Å². The van der Waals surface area contributed by atoms with E-state index in [0.717, 1.165) is 21.4 Å². The predicted molar refractivity (Wildman–Crippen MR) is 116 cm³/mol. The third kappa shape index (κ3) is 4.75. The third-order valence-electron chi connectivity index (χ3n) is 4.70. The normalized spacial score (nSPS) is 11.4. The van der Waals surface area contributed by atoms with Crippen LogP contribution in [0.4, 0.5) is 24.7 Å². The molecule has 0 unspecified atom stereocenters. The largest absolute Gasteiger partial charge is 0.573 e. The molecule has 0 aliphatic rings. The van der Waals surface area contributed by atoms with Gasteiger partial charge < -0.3 is 19.7 Å². The summed E-state index contributed by atoms with van der Waals surface area (Å²) >= 11 is 0. The summed E-state index contributed by atoms with van der Waals surface area (Å²) in [6.07, 6.45) is -3.54. The van der Waals surface area contributed by atoms with E-state index in [1.54, 1.807) is 18.2 Å². The first-order valence-electron chi connectivity index (χ1n) is 9.69. The SMILES string of the molecule is O=C(O)Cn1cccc(Nc2nn(-c3ccc(OC(F)(F)F)cc3)c(=O)c3ccccc23)c1=O. The average molecular weight is 472 g/mol. The van der Waals surface area contributed by atoms with E-state index in [1.807, 2.05) is 0 Å². The zero-order chi connectivity index (χ0) is 24.5. The number of aromatic nitrogens is 3. The van der Waals surface area contributed by atoms with Gasteiger partial charge in [0.05, 0.1) is 11.1 Å². The molecular formula is C22H15F3N4O5. The molecule has 0 aliphatic heterocycles. The molecule has 0 spiro atoms. The van der Waals surface area contributed by atoms with E-state index in [9.17, 15) is 27.6 Å². The highest BCUT2D eigenvalue weighted by Crippen LogP contribution is 2.25. The van der Waals surface area contributed by atoms with Crippen LogP contribution < -0.4 is 21.2 Å². The number of ether oxygens (including phenoxy) is 1. The van der Waals surface area contributed by atoms with Gasteiger partial charge in [0.15, 0.2) is 5.82 Å². The summed E-state index contributed by atoms with van der Waals surface area (Å²) in [5.74, 6) is -1.56. The van der Waals surface area contributed by atoms with Crippen molar-refractivity contribution in [2.75, 3.05) is 5.32 Å². The number of alkyl halides is 3. The van der Waals surface area contributed by atoms with Gasteiger partial charge >= 0.3 is 12.3 Å². The number of halogens is 3. The van der Waals surface area contributed by atoms with Crippen LogP contribution >= 0.6 is 0 Å². The van der Waals surface area contributed by atoms with Gasteiger partial charge in [0, 0.05) is 11.6 Å².